The molecule has 4 heteroatoms. The SMILES string of the molecule is CC1CC(NCc2cc(F)cc(C#N)c2)CCN1C. The number of nitrogens with one attached hydrogen (secondary N) is 1. The first-order valence-electron chi connectivity index (χ1n) is 6.71. The van der Waals surface area contributed by atoms with Crippen LogP contribution in [0.1, 0.15) is 30.9 Å². The van der Waals surface area contributed by atoms with E-state index in [2.05, 4.69) is 24.2 Å². The predicted molar refractivity (Wildman–Crippen MR) is 73.1 cm³/mol. The Morgan fingerprint density at radius 3 is 2.95 bits per heavy atom. The van der Waals surface area contributed by atoms with E-state index in [4.69, 9.17) is 5.26 Å². The molecule has 1 aromatic rings. The van der Waals surface area contributed by atoms with Gasteiger partial charge in [-0.3, -0.25) is 0 Å². The van der Waals surface area contributed by atoms with Gasteiger partial charge in [0.05, 0.1) is 11.6 Å². The summed E-state index contributed by atoms with van der Waals surface area (Å²) in [6.07, 6.45) is 2.22. The average molecular weight is 261 g/mol. The summed E-state index contributed by atoms with van der Waals surface area (Å²) in [4.78, 5) is 2.36. The molecular weight excluding hydrogens is 241 g/mol. The number of nitriles is 1. The molecule has 0 amide bonds. The molecule has 1 fully saturated rings. The molecule has 0 bridgehead atoms. The highest BCUT2D eigenvalue weighted by atomic mass is 19.1. The topological polar surface area (TPSA) is 39.1 Å². The first-order valence-corrected chi connectivity index (χ1v) is 6.71. The summed E-state index contributed by atoms with van der Waals surface area (Å²) < 4.78 is 13.3. The van der Waals surface area contributed by atoms with E-state index in [-0.39, 0.29) is 5.82 Å². The Morgan fingerprint density at radius 1 is 1.47 bits per heavy atom. The number of piperidine rings is 1. The first kappa shape index (κ1) is 14.0. The molecule has 102 valence electrons. The lowest BCUT2D eigenvalue weighted by Gasteiger charge is -2.35. The summed E-state index contributed by atoms with van der Waals surface area (Å²) in [5.74, 6) is -0.340. The molecule has 1 N–H and O–H groups in total. The van der Waals surface area contributed by atoms with E-state index in [0.717, 1.165) is 24.9 Å². The van der Waals surface area contributed by atoms with Crippen LogP contribution in [0.4, 0.5) is 4.39 Å². The molecule has 0 radical (unpaired) electrons. The monoisotopic (exact) mass is 261 g/mol. The molecular formula is C15H20FN3. The van der Waals surface area contributed by atoms with E-state index in [0.29, 0.717) is 24.2 Å². The number of hydrogen-bond acceptors (Lipinski definition) is 3. The Labute approximate surface area is 114 Å². The molecule has 0 saturated carbocycles. The highest BCUT2D eigenvalue weighted by molar-refractivity contribution is 5.33. The van der Waals surface area contributed by atoms with Crippen molar-refractivity contribution in [2.45, 2.75) is 38.4 Å². The van der Waals surface area contributed by atoms with Gasteiger partial charge in [-0.15, -0.1) is 0 Å². The van der Waals surface area contributed by atoms with E-state index < -0.39 is 0 Å². The third-order valence-corrected chi connectivity index (χ3v) is 3.89. The largest absolute Gasteiger partial charge is 0.310 e. The van der Waals surface area contributed by atoms with Gasteiger partial charge in [-0.05, 0) is 57.1 Å². The van der Waals surface area contributed by atoms with E-state index in [1.54, 1.807) is 6.07 Å². The molecule has 1 aliphatic heterocycles. The second-order valence-electron chi connectivity index (χ2n) is 5.39. The molecule has 2 unspecified atom stereocenters. The van der Waals surface area contributed by atoms with Crippen LogP contribution in [-0.4, -0.2) is 30.6 Å². The van der Waals surface area contributed by atoms with Crippen molar-refractivity contribution in [3.05, 3.63) is 35.1 Å². The molecule has 2 atom stereocenters. The Bertz CT molecular complexity index is 481. The van der Waals surface area contributed by atoms with Crippen molar-refractivity contribution in [2.75, 3.05) is 13.6 Å². The molecule has 0 aliphatic carbocycles. The Kier molecular flexibility index (Phi) is 4.52. The number of nitrogens with zero attached hydrogens (tertiary/aromatic N) is 2. The fraction of sp³-hybridized carbons (Fsp3) is 0.533. The van der Waals surface area contributed by atoms with Crippen molar-refractivity contribution in [1.82, 2.24) is 10.2 Å². The Morgan fingerprint density at radius 2 is 2.26 bits per heavy atom. The van der Waals surface area contributed by atoms with Crippen LogP contribution in [0.25, 0.3) is 0 Å². The molecule has 0 aromatic heterocycles. The van der Waals surface area contributed by atoms with Crippen molar-refractivity contribution in [2.24, 2.45) is 0 Å². The summed E-state index contributed by atoms with van der Waals surface area (Å²) in [5.41, 5.74) is 1.22. The van der Waals surface area contributed by atoms with E-state index in [9.17, 15) is 4.39 Å². The number of hydrogen-bond donors (Lipinski definition) is 1. The molecule has 1 saturated heterocycles. The van der Waals surface area contributed by atoms with Crippen LogP contribution in [0.15, 0.2) is 18.2 Å². The van der Waals surface area contributed by atoms with Crippen molar-refractivity contribution in [3.63, 3.8) is 0 Å². The minimum Gasteiger partial charge on any atom is -0.310 e. The van der Waals surface area contributed by atoms with Gasteiger partial charge in [0.2, 0.25) is 0 Å². The minimum atomic E-state index is -0.340. The highest BCUT2D eigenvalue weighted by Crippen LogP contribution is 2.16. The smallest absolute Gasteiger partial charge is 0.124 e. The zero-order valence-electron chi connectivity index (χ0n) is 11.5. The van der Waals surface area contributed by atoms with Crippen LogP contribution in [0, 0.1) is 17.1 Å². The highest BCUT2D eigenvalue weighted by Gasteiger charge is 2.22. The average Bonchev–Trinajstić information content (AvgIpc) is 2.39. The molecule has 2 rings (SSSR count). The van der Waals surface area contributed by atoms with Gasteiger partial charge in [-0.2, -0.15) is 5.26 Å². The van der Waals surface area contributed by atoms with Gasteiger partial charge in [0.15, 0.2) is 0 Å². The maximum Gasteiger partial charge on any atom is 0.124 e. The lowest BCUT2D eigenvalue weighted by molar-refractivity contribution is 0.168. The third-order valence-electron chi connectivity index (χ3n) is 3.89. The van der Waals surface area contributed by atoms with Crippen LogP contribution < -0.4 is 5.32 Å². The maximum absolute atomic E-state index is 13.3. The first-order chi connectivity index (χ1) is 9.08. The van der Waals surface area contributed by atoms with Gasteiger partial charge < -0.3 is 10.2 Å². The van der Waals surface area contributed by atoms with Crippen LogP contribution in [-0.2, 0) is 6.54 Å². The molecule has 19 heavy (non-hydrogen) atoms. The molecule has 3 nitrogen and oxygen atoms in total. The number of rotatable bonds is 3. The van der Waals surface area contributed by atoms with E-state index in [1.165, 1.54) is 12.1 Å². The van der Waals surface area contributed by atoms with Crippen LogP contribution in [0.3, 0.4) is 0 Å². The fourth-order valence-electron chi connectivity index (χ4n) is 2.55. The minimum absolute atomic E-state index is 0.340. The van der Waals surface area contributed by atoms with Crippen molar-refractivity contribution < 1.29 is 4.39 Å². The van der Waals surface area contributed by atoms with Gasteiger partial charge in [0.25, 0.3) is 0 Å². The van der Waals surface area contributed by atoms with Gasteiger partial charge in [-0.1, -0.05) is 0 Å². The standard InChI is InChI=1S/C15H20FN3/c1-11-5-15(3-4-19(11)2)18-10-13-6-12(9-17)7-14(16)8-13/h6-8,11,15,18H,3-5,10H2,1-2H3. The van der Waals surface area contributed by atoms with Gasteiger partial charge in [0, 0.05) is 18.6 Å². The Balaban J connectivity index is 1.92. The fourth-order valence-corrected chi connectivity index (χ4v) is 2.55. The maximum atomic E-state index is 13.3. The summed E-state index contributed by atoms with van der Waals surface area (Å²) >= 11 is 0. The molecule has 1 aromatic carbocycles. The summed E-state index contributed by atoms with van der Waals surface area (Å²) in [5, 5.41) is 12.3. The normalized spacial score (nSPS) is 24.1. The zero-order chi connectivity index (χ0) is 13.8. The Hall–Kier alpha value is -1.44. The quantitative estimate of drug-likeness (QED) is 0.907. The zero-order valence-corrected chi connectivity index (χ0v) is 11.5. The van der Waals surface area contributed by atoms with Crippen LogP contribution >= 0.6 is 0 Å². The number of halogens is 1. The summed E-state index contributed by atoms with van der Waals surface area (Å²) in [7, 11) is 2.15. The van der Waals surface area contributed by atoms with Crippen molar-refractivity contribution in [3.8, 4) is 6.07 Å². The van der Waals surface area contributed by atoms with Gasteiger partial charge in [0.1, 0.15) is 5.82 Å². The molecule has 1 aliphatic rings. The lowest BCUT2D eigenvalue weighted by Crippen LogP contribution is -2.45. The van der Waals surface area contributed by atoms with Crippen LogP contribution in [0.5, 0.6) is 0 Å². The second kappa shape index (κ2) is 6.14. The lowest BCUT2D eigenvalue weighted by atomic mass is 9.98. The van der Waals surface area contributed by atoms with Gasteiger partial charge >= 0.3 is 0 Å². The van der Waals surface area contributed by atoms with E-state index >= 15 is 0 Å². The molecule has 1 heterocycles. The summed E-state index contributed by atoms with van der Waals surface area (Å²) in [6.45, 7) is 3.93. The number of likely N-dealkylation sites (tertiary alicyclic amines) is 1. The molecule has 0 spiro atoms. The predicted octanol–water partition coefficient (Wildman–Crippen LogP) is 2.27. The second-order valence-corrected chi connectivity index (χ2v) is 5.39. The third kappa shape index (κ3) is 3.76. The van der Waals surface area contributed by atoms with Crippen molar-refractivity contribution in [1.29, 1.82) is 5.26 Å². The van der Waals surface area contributed by atoms with Crippen LogP contribution in [0.2, 0.25) is 0 Å². The van der Waals surface area contributed by atoms with Crippen molar-refractivity contribution >= 4 is 0 Å². The van der Waals surface area contributed by atoms with E-state index in [1.807, 2.05) is 6.07 Å². The van der Waals surface area contributed by atoms with Gasteiger partial charge in [-0.25, -0.2) is 4.39 Å². The summed E-state index contributed by atoms with van der Waals surface area (Å²) in [6, 6.07) is 7.54. The number of benzene rings is 1.